The van der Waals surface area contributed by atoms with Gasteiger partial charge in [0, 0.05) is 36.5 Å². The average molecular weight is 457 g/mol. The van der Waals surface area contributed by atoms with Crippen molar-refractivity contribution in [1.82, 2.24) is 25.1 Å². The maximum atomic E-state index is 12.8. The molecule has 2 aromatic heterocycles. The fourth-order valence-corrected chi connectivity index (χ4v) is 3.31. The highest BCUT2D eigenvalue weighted by Gasteiger charge is 2.31. The number of amides is 2. The van der Waals surface area contributed by atoms with Gasteiger partial charge in [0.2, 0.25) is 0 Å². The van der Waals surface area contributed by atoms with Crippen LogP contribution in [0.15, 0.2) is 53.5 Å². The van der Waals surface area contributed by atoms with Crippen molar-refractivity contribution in [3.05, 3.63) is 64.9 Å². The lowest BCUT2D eigenvalue weighted by Crippen LogP contribution is -2.50. The fourth-order valence-electron chi connectivity index (χ4n) is 2.96. The number of carbonyl (C=O) groups is 2. The summed E-state index contributed by atoms with van der Waals surface area (Å²) in [4.78, 5) is 35.2. The van der Waals surface area contributed by atoms with Gasteiger partial charge in [-0.05, 0) is 29.8 Å². The van der Waals surface area contributed by atoms with Gasteiger partial charge in [-0.25, -0.2) is 14.8 Å². The highest BCUT2D eigenvalue weighted by atomic mass is 79.9. The molecule has 0 aliphatic carbocycles. The summed E-state index contributed by atoms with van der Waals surface area (Å²) in [6.07, 6.45) is 6.92. The lowest BCUT2D eigenvalue weighted by atomic mass is 10.2. The Labute approximate surface area is 174 Å². The number of hydrogen-bond acceptors (Lipinski definition) is 6. The summed E-state index contributed by atoms with van der Waals surface area (Å²) >= 11 is 3.39. The van der Waals surface area contributed by atoms with E-state index in [1.54, 1.807) is 50.0 Å². The number of halogens is 1. The summed E-state index contributed by atoms with van der Waals surface area (Å²) in [6.45, 7) is 0.0233. The van der Waals surface area contributed by atoms with Gasteiger partial charge in [-0.1, -0.05) is 15.9 Å². The topological polar surface area (TPSA) is 102 Å². The van der Waals surface area contributed by atoms with E-state index in [-0.39, 0.29) is 12.5 Å². The quantitative estimate of drug-likeness (QED) is 0.646. The van der Waals surface area contributed by atoms with E-state index in [2.05, 4.69) is 36.3 Å². The van der Waals surface area contributed by atoms with E-state index in [1.165, 1.54) is 4.90 Å². The van der Waals surface area contributed by atoms with Crippen molar-refractivity contribution in [1.29, 1.82) is 0 Å². The number of aromatic nitrogens is 4. The van der Waals surface area contributed by atoms with Crippen molar-refractivity contribution >= 4 is 33.6 Å². The highest BCUT2D eigenvalue weighted by molar-refractivity contribution is 9.10. The Balaban J connectivity index is 1.45. The van der Waals surface area contributed by atoms with E-state index < -0.39 is 12.1 Å². The van der Waals surface area contributed by atoms with Crippen molar-refractivity contribution in [3.8, 4) is 5.75 Å². The number of anilines is 1. The summed E-state index contributed by atoms with van der Waals surface area (Å²) in [5.41, 5.74) is 1.41. The molecule has 0 radical (unpaired) electrons. The Hall–Kier alpha value is -3.27. The zero-order valence-corrected chi connectivity index (χ0v) is 17.0. The van der Waals surface area contributed by atoms with E-state index in [4.69, 9.17) is 4.74 Å². The van der Waals surface area contributed by atoms with Crippen LogP contribution in [0.25, 0.3) is 0 Å². The number of rotatable bonds is 3. The molecule has 4 rings (SSSR count). The van der Waals surface area contributed by atoms with Crippen molar-refractivity contribution < 1.29 is 14.3 Å². The molecule has 2 amide bonds. The molecule has 9 nitrogen and oxygen atoms in total. The number of carbonyl (C=O) groups excluding carboxylic acids is 2. The number of likely N-dealkylation sites (N-methyl/N-ethyl adjacent to an activating group) is 1. The summed E-state index contributed by atoms with van der Waals surface area (Å²) in [5, 5.41) is 6.76. The van der Waals surface area contributed by atoms with Crippen LogP contribution in [0.4, 0.5) is 10.5 Å². The Morgan fingerprint density at radius 3 is 2.93 bits per heavy atom. The third kappa shape index (κ3) is 4.11. The van der Waals surface area contributed by atoms with E-state index in [0.29, 0.717) is 23.7 Å². The molecule has 29 heavy (non-hydrogen) atoms. The molecule has 0 spiro atoms. The first kappa shape index (κ1) is 19.1. The van der Waals surface area contributed by atoms with Gasteiger partial charge in [0.05, 0.1) is 11.9 Å². The van der Waals surface area contributed by atoms with E-state index >= 15 is 0 Å². The standard InChI is InChI=1S/C19H17BrN6O3/c1-25-15-8-13(20)3-4-16(15)29-11-14(18(25)27)24-19(28)26-10-12(9-23-26)7-17-21-5-2-6-22-17/h2-6,8-10,14H,7,11H2,1H3,(H,24,28)/t14-/m0/s1. The largest absolute Gasteiger partial charge is 0.489 e. The lowest BCUT2D eigenvalue weighted by Gasteiger charge is -2.20. The smallest absolute Gasteiger partial charge is 0.342 e. The first-order valence-electron chi connectivity index (χ1n) is 8.81. The minimum Gasteiger partial charge on any atom is -0.489 e. The number of nitrogens with one attached hydrogen (secondary N) is 1. The zero-order chi connectivity index (χ0) is 20.4. The SMILES string of the molecule is CN1C(=O)[C@@H](NC(=O)n2cc(Cc3ncccn3)cn2)COc2ccc(Br)cc21. The second-order valence-electron chi connectivity index (χ2n) is 6.46. The predicted molar refractivity (Wildman–Crippen MR) is 108 cm³/mol. The Morgan fingerprint density at radius 1 is 1.34 bits per heavy atom. The minimum atomic E-state index is -0.844. The normalized spacial score (nSPS) is 16.0. The van der Waals surface area contributed by atoms with E-state index in [9.17, 15) is 9.59 Å². The van der Waals surface area contributed by atoms with Crippen molar-refractivity contribution in [2.75, 3.05) is 18.6 Å². The zero-order valence-electron chi connectivity index (χ0n) is 15.4. The van der Waals surface area contributed by atoms with E-state index in [1.807, 2.05) is 6.07 Å². The summed E-state index contributed by atoms with van der Waals surface area (Å²) < 4.78 is 7.71. The molecular formula is C19H17BrN6O3. The maximum absolute atomic E-state index is 12.8. The molecule has 0 saturated carbocycles. The molecule has 0 saturated heterocycles. The molecule has 1 aromatic carbocycles. The number of nitrogens with zero attached hydrogens (tertiary/aromatic N) is 5. The van der Waals surface area contributed by atoms with Crippen LogP contribution in [0.3, 0.4) is 0 Å². The molecule has 10 heteroatoms. The van der Waals surface area contributed by atoms with Gasteiger partial charge >= 0.3 is 6.03 Å². The number of fused-ring (bicyclic) bond motifs is 1. The van der Waals surface area contributed by atoms with Crippen LogP contribution in [0, 0.1) is 0 Å². The summed E-state index contributed by atoms with van der Waals surface area (Å²) in [6, 6.07) is 5.77. The average Bonchev–Trinajstić information content (AvgIpc) is 3.16. The van der Waals surface area contributed by atoms with Crippen LogP contribution >= 0.6 is 15.9 Å². The monoisotopic (exact) mass is 456 g/mol. The third-order valence-electron chi connectivity index (χ3n) is 4.44. The second kappa shape index (κ2) is 8.00. The van der Waals surface area contributed by atoms with Crippen molar-refractivity contribution in [2.24, 2.45) is 0 Å². The maximum Gasteiger partial charge on any atom is 0.342 e. The molecule has 148 valence electrons. The van der Waals surface area contributed by atoms with Crippen LogP contribution in [0.5, 0.6) is 5.75 Å². The summed E-state index contributed by atoms with van der Waals surface area (Å²) in [7, 11) is 1.65. The fraction of sp³-hybridized carbons (Fsp3) is 0.211. The number of benzene rings is 1. The Morgan fingerprint density at radius 2 is 2.14 bits per heavy atom. The van der Waals surface area contributed by atoms with Crippen LogP contribution in [-0.4, -0.2) is 51.4 Å². The third-order valence-corrected chi connectivity index (χ3v) is 4.93. The second-order valence-corrected chi connectivity index (χ2v) is 7.37. The van der Waals surface area contributed by atoms with Gasteiger partial charge in [-0.15, -0.1) is 0 Å². The van der Waals surface area contributed by atoms with E-state index in [0.717, 1.165) is 14.7 Å². The molecule has 1 aliphatic heterocycles. The van der Waals surface area contributed by atoms with Gasteiger partial charge in [0.1, 0.15) is 24.2 Å². The van der Waals surface area contributed by atoms with Gasteiger partial charge in [0.15, 0.2) is 0 Å². The van der Waals surface area contributed by atoms with Crippen LogP contribution < -0.4 is 15.0 Å². The van der Waals surface area contributed by atoms with Crippen LogP contribution in [-0.2, 0) is 11.2 Å². The summed E-state index contributed by atoms with van der Waals surface area (Å²) in [5.74, 6) is 0.927. The molecule has 3 aromatic rings. The van der Waals surface area contributed by atoms with Gasteiger partial charge in [-0.2, -0.15) is 9.78 Å². The Kier molecular flexibility index (Phi) is 5.26. The minimum absolute atomic E-state index is 0.0233. The molecule has 1 N–H and O–H groups in total. The highest BCUT2D eigenvalue weighted by Crippen LogP contribution is 2.33. The van der Waals surface area contributed by atoms with Gasteiger partial charge in [0.25, 0.3) is 5.91 Å². The predicted octanol–water partition coefficient (Wildman–Crippen LogP) is 2.01. The van der Waals surface area contributed by atoms with Gasteiger partial charge in [-0.3, -0.25) is 4.79 Å². The molecule has 1 aliphatic rings. The number of ether oxygens (including phenoxy) is 1. The van der Waals surface area contributed by atoms with Crippen molar-refractivity contribution in [3.63, 3.8) is 0 Å². The molecular weight excluding hydrogens is 440 g/mol. The van der Waals surface area contributed by atoms with Gasteiger partial charge < -0.3 is 15.0 Å². The molecule has 3 heterocycles. The molecule has 0 fully saturated rings. The number of hydrogen-bond donors (Lipinski definition) is 1. The van der Waals surface area contributed by atoms with Crippen LogP contribution in [0.1, 0.15) is 11.4 Å². The molecule has 0 unspecified atom stereocenters. The van der Waals surface area contributed by atoms with Crippen LogP contribution in [0.2, 0.25) is 0 Å². The Bertz CT molecular complexity index is 1060. The molecule has 1 atom stereocenters. The molecule has 0 bridgehead atoms. The lowest BCUT2D eigenvalue weighted by molar-refractivity contribution is -0.120. The first-order chi connectivity index (χ1) is 14.0. The van der Waals surface area contributed by atoms with Crippen molar-refractivity contribution in [2.45, 2.75) is 12.5 Å². The first-order valence-corrected chi connectivity index (χ1v) is 9.61.